The smallest absolute Gasteiger partial charge is 0.304 e. The van der Waals surface area contributed by atoms with Crippen molar-refractivity contribution in [2.24, 2.45) is 0 Å². The van der Waals surface area contributed by atoms with E-state index in [9.17, 15) is 14.9 Å². The lowest BCUT2D eigenvalue weighted by molar-refractivity contribution is -0.383. The molecule has 0 atom stereocenters. The Morgan fingerprint density at radius 1 is 1.45 bits per heavy atom. The maximum Gasteiger partial charge on any atom is 0.304 e. The number of hydrogen-bond donors (Lipinski definition) is 0. The van der Waals surface area contributed by atoms with E-state index >= 15 is 0 Å². The summed E-state index contributed by atoms with van der Waals surface area (Å²) < 4.78 is 0.199. The third-order valence-corrected chi connectivity index (χ3v) is 6.02. The number of hydrogen-bond acceptors (Lipinski definition) is 6. The van der Waals surface area contributed by atoms with Crippen molar-refractivity contribution in [3.05, 3.63) is 21.1 Å². The van der Waals surface area contributed by atoms with Gasteiger partial charge < -0.3 is 4.90 Å². The van der Waals surface area contributed by atoms with Crippen molar-refractivity contribution in [1.29, 1.82) is 0 Å². The van der Waals surface area contributed by atoms with E-state index in [1.807, 2.05) is 11.8 Å². The van der Waals surface area contributed by atoms with Crippen molar-refractivity contribution < 1.29 is 9.72 Å². The Hall–Kier alpha value is -1.08. The molecule has 1 aromatic rings. The minimum absolute atomic E-state index is 0.0601. The van der Waals surface area contributed by atoms with Crippen molar-refractivity contribution in [1.82, 2.24) is 0 Å². The second kappa shape index (κ2) is 5.73. The number of nitrogens with zero attached hydrogens (tertiary/aromatic N) is 2. The van der Waals surface area contributed by atoms with E-state index in [1.54, 1.807) is 0 Å². The molecule has 1 saturated heterocycles. The normalized spacial score (nSPS) is 18.6. The van der Waals surface area contributed by atoms with Crippen molar-refractivity contribution in [2.75, 3.05) is 23.7 Å². The van der Waals surface area contributed by atoms with Crippen LogP contribution in [-0.2, 0) is 0 Å². The molecule has 2 rings (SSSR count). The van der Waals surface area contributed by atoms with Crippen molar-refractivity contribution in [3.8, 4) is 0 Å². The van der Waals surface area contributed by atoms with Crippen LogP contribution in [0.2, 0.25) is 0 Å². The molecule has 0 saturated carbocycles. The molecule has 7 heteroatoms. The highest BCUT2D eigenvalue weighted by atomic mass is 32.2. The fourth-order valence-electron chi connectivity index (χ4n) is 2.13. The minimum atomic E-state index is -0.387. The molecule has 0 aliphatic carbocycles. The van der Waals surface area contributed by atoms with Crippen LogP contribution >= 0.6 is 23.1 Å². The zero-order valence-corrected chi connectivity index (χ0v) is 13.5. The van der Waals surface area contributed by atoms with Gasteiger partial charge in [0.2, 0.25) is 0 Å². The molecule has 20 heavy (non-hydrogen) atoms. The number of Topliss-reactive ketones (excluding diaryl/α,β-unsaturated/α-hetero) is 1. The van der Waals surface area contributed by atoms with Crippen LogP contribution in [0.5, 0.6) is 0 Å². The predicted octanol–water partition coefficient (Wildman–Crippen LogP) is 3.58. The Labute approximate surface area is 126 Å². The lowest BCUT2D eigenvalue weighted by Gasteiger charge is -2.22. The van der Waals surface area contributed by atoms with Gasteiger partial charge in [0, 0.05) is 29.7 Å². The first-order valence-corrected chi connectivity index (χ1v) is 8.28. The van der Waals surface area contributed by atoms with Gasteiger partial charge in [-0.1, -0.05) is 13.8 Å². The first kappa shape index (κ1) is 15.3. The number of ketones is 1. The molecular weight excluding hydrogens is 296 g/mol. The largest absolute Gasteiger partial charge is 0.357 e. The lowest BCUT2D eigenvalue weighted by atomic mass is 10.1. The monoisotopic (exact) mass is 314 g/mol. The second-order valence-corrected chi connectivity index (χ2v) is 8.29. The van der Waals surface area contributed by atoms with E-state index < -0.39 is 0 Å². The summed E-state index contributed by atoms with van der Waals surface area (Å²) >= 11 is 3.13. The summed E-state index contributed by atoms with van der Waals surface area (Å²) in [6.45, 7) is 7.42. The molecule has 0 amide bonds. The van der Waals surface area contributed by atoms with Gasteiger partial charge in [-0.05, 0) is 13.3 Å². The molecule has 110 valence electrons. The van der Waals surface area contributed by atoms with Crippen LogP contribution in [-0.4, -0.2) is 34.3 Å². The van der Waals surface area contributed by atoms with Gasteiger partial charge in [-0.25, -0.2) is 0 Å². The molecule has 1 aromatic heterocycles. The number of rotatable bonds is 3. The van der Waals surface area contributed by atoms with Gasteiger partial charge in [0.15, 0.2) is 10.8 Å². The number of carbonyl (C=O) groups excluding carboxylic acids is 1. The molecule has 0 aromatic carbocycles. The van der Waals surface area contributed by atoms with Crippen LogP contribution < -0.4 is 4.90 Å². The Morgan fingerprint density at radius 2 is 2.15 bits per heavy atom. The van der Waals surface area contributed by atoms with Crippen LogP contribution in [0.4, 0.5) is 10.7 Å². The first-order chi connectivity index (χ1) is 9.30. The van der Waals surface area contributed by atoms with E-state index in [4.69, 9.17) is 0 Å². The molecule has 1 aliphatic heterocycles. The third kappa shape index (κ3) is 3.32. The molecule has 5 nitrogen and oxygen atoms in total. The van der Waals surface area contributed by atoms with Crippen LogP contribution in [0.1, 0.15) is 36.9 Å². The lowest BCUT2D eigenvalue weighted by Crippen LogP contribution is -2.26. The Balaban J connectivity index is 2.31. The number of carbonyl (C=O) groups is 1. The zero-order chi connectivity index (χ0) is 14.9. The van der Waals surface area contributed by atoms with Crippen molar-refractivity contribution >= 4 is 39.6 Å². The van der Waals surface area contributed by atoms with Gasteiger partial charge in [-0.2, -0.15) is 11.8 Å². The maximum atomic E-state index is 11.5. The average molecular weight is 314 g/mol. The Morgan fingerprint density at radius 3 is 2.75 bits per heavy atom. The van der Waals surface area contributed by atoms with E-state index in [-0.39, 0.29) is 21.1 Å². The zero-order valence-electron chi connectivity index (χ0n) is 11.8. The number of thioether (sulfide) groups is 1. The molecule has 0 radical (unpaired) electrons. The summed E-state index contributed by atoms with van der Waals surface area (Å²) in [6.07, 6.45) is 0.974. The summed E-state index contributed by atoms with van der Waals surface area (Å²) in [5.41, 5.74) is 0.0601. The van der Waals surface area contributed by atoms with Crippen LogP contribution in [0.25, 0.3) is 0 Å². The Kier molecular flexibility index (Phi) is 4.39. The molecule has 0 N–H and O–H groups in total. The highest BCUT2D eigenvalue weighted by Gasteiger charge is 2.29. The molecular formula is C13H18N2O3S2. The van der Waals surface area contributed by atoms with E-state index in [2.05, 4.69) is 18.7 Å². The topological polar surface area (TPSA) is 63.4 Å². The van der Waals surface area contributed by atoms with E-state index in [0.29, 0.717) is 9.88 Å². The average Bonchev–Trinajstić information content (AvgIpc) is 2.71. The van der Waals surface area contributed by atoms with E-state index in [1.165, 1.54) is 24.3 Å². The van der Waals surface area contributed by atoms with Crippen molar-refractivity contribution in [2.45, 2.75) is 31.9 Å². The highest BCUT2D eigenvalue weighted by Crippen LogP contribution is 2.40. The quantitative estimate of drug-likeness (QED) is 0.485. The predicted molar refractivity (Wildman–Crippen MR) is 84.3 cm³/mol. The maximum absolute atomic E-state index is 11.5. The Bertz CT molecular complexity index is 540. The van der Waals surface area contributed by atoms with Crippen molar-refractivity contribution in [3.63, 3.8) is 0 Å². The fraction of sp³-hybridized carbons (Fsp3) is 0.615. The van der Waals surface area contributed by atoms with Crippen LogP contribution in [0, 0.1) is 10.1 Å². The van der Waals surface area contributed by atoms with E-state index in [0.717, 1.165) is 25.3 Å². The summed E-state index contributed by atoms with van der Waals surface area (Å²) in [5, 5.41) is 11.8. The summed E-state index contributed by atoms with van der Waals surface area (Å²) in [6, 6.07) is 1.41. The summed E-state index contributed by atoms with van der Waals surface area (Å²) in [5.74, 6) is 0.825. The number of thiophene rings is 1. The van der Waals surface area contributed by atoms with Gasteiger partial charge >= 0.3 is 5.69 Å². The van der Waals surface area contributed by atoms with Gasteiger partial charge in [0.05, 0.1) is 9.80 Å². The SMILES string of the molecule is CC(=O)c1cc([N+](=O)[O-])c(N2CCSC(C)(C)CC2)s1. The molecule has 2 heterocycles. The first-order valence-electron chi connectivity index (χ1n) is 6.48. The third-order valence-electron chi connectivity index (χ3n) is 3.36. The minimum Gasteiger partial charge on any atom is -0.357 e. The van der Waals surface area contributed by atoms with Crippen LogP contribution in [0.15, 0.2) is 6.07 Å². The van der Waals surface area contributed by atoms with Gasteiger partial charge in [0.1, 0.15) is 0 Å². The van der Waals surface area contributed by atoms with Crippen LogP contribution in [0.3, 0.4) is 0 Å². The molecule has 1 fully saturated rings. The van der Waals surface area contributed by atoms with Gasteiger partial charge in [-0.3, -0.25) is 14.9 Å². The number of anilines is 1. The standard InChI is InChI=1S/C13H18N2O3S2/c1-9(16)11-8-10(15(17)18)12(20-11)14-5-4-13(2,3)19-7-6-14/h8H,4-7H2,1-3H3. The summed E-state index contributed by atoms with van der Waals surface area (Å²) in [7, 11) is 0. The summed E-state index contributed by atoms with van der Waals surface area (Å²) in [4.78, 5) is 24.8. The molecule has 1 aliphatic rings. The molecule has 0 spiro atoms. The molecule has 0 unspecified atom stereocenters. The molecule has 0 bridgehead atoms. The van der Waals surface area contributed by atoms with Gasteiger partial charge in [-0.15, -0.1) is 11.3 Å². The highest BCUT2D eigenvalue weighted by molar-refractivity contribution is 8.00. The number of nitro groups is 1. The van der Waals surface area contributed by atoms with Gasteiger partial charge in [0.25, 0.3) is 0 Å². The second-order valence-electron chi connectivity index (χ2n) is 5.46. The fourth-order valence-corrected chi connectivity index (χ4v) is 4.30.